The topological polar surface area (TPSA) is 72.7 Å². The van der Waals surface area contributed by atoms with Gasteiger partial charge in [-0.15, -0.1) is 0 Å². The molecule has 3 rings (SSSR count). The molecule has 1 amide bonds. The van der Waals surface area contributed by atoms with E-state index >= 15 is 0 Å². The Morgan fingerprint density at radius 2 is 2.05 bits per heavy atom. The molecule has 3 aromatic rings. The molecular weight excluding hydrogens is 266 g/mol. The van der Waals surface area contributed by atoms with Crippen molar-refractivity contribution in [2.75, 3.05) is 5.32 Å². The first-order chi connectivity index (χ1) is 10.3. The molecule has 0 saturated heterocycles. The zero-order valence-corrected chi connectivity index (χ0v) is 11.4. The quantitative estimate of drug-likeness (QED) is 0.798. The van der Waals surface area contributed by atoms with Gasteiger partial charge in [-0.05, 0) is 31.2 Å². The number of anilines is 1. The van der Waals surface area contributed by atoms with Crippen LogP contribution < -0.4 is 5.32 Å². The number of nitrogens with zero attached hydrogens (tertiary/aromatic N) is 4. The maximum absolute atomic E-state index is 12.3. The third-order valence-electron chi connectivity index (χ3n) is 3.04. The van der Waals surface area contributed by atoms with Crippen LogP contribution in [-0.4, -0.2) is 25.7 Å². The number of rotatable bonds is 3. The van der Waals surface area contributed by atoms with Gasteiger partial charge in [0.05, 0.1) is 29.3 Å². The Morgan fingerprint density at radius 3 is 2.76 bits per heavy atom. The molecule has 21 heavy (non-hydrogen) atoms. The van der Waals surface area contributed by atoms with Crippen molar-refractivity contribution >= 4 is 11.6 Å². The van der Waals surface area contributed by atoms with Gasteiger partial charge in [0.2, 0.25) is 0 Å². The molecule has 3 aromatic heterocycles. The molecule has 0 aliphatic rings. The van der Waals surface area contributed by atoms with Gasteiger partial charge in [0.1, 0.15) is 0 Å². The van der Waals surface area contributed by atoms with Crippen LogP contribution in [0.25, 0.3) is 5.82 Å². The summed E-state index contributed by atoms with van der Waals surface area (Å²) in [6.45, 7) is 1.83. The van der Waals surface area contributed by atoms with Crippen molar-refractivity contribution in [1.29, 1.82) is 0 Å². The predicted molar refractivity (Wildman–Crippen MR) is 78.3 cm³/mol. The second kappa shape index (κ2) is 5.54. The molecule has 3 heterocycles. The maximum Gasteiger partial charge on any atom is 0.259 e. The largest absolute Gasteiger partial charge is 0.320 e. The summed E-state index contributed by atoms with van der Waals surface area (Å²) in [6.07, 6.45) is 6.47. The molecule has 0 aliphatic heterocycles. The molecule has 0 aromatic carbocycles. The fourth-order valence-electron chi connectivity index (χ4n) is 1.98. The lowest BCUT2D eigenvalue weighted by molar-refractivity contribution is 0.102. The highest BCUT2D eigenvalue weighted by atomic mass is 16.1. The van der Waals surface area contributed by atoms with E-state index in [2.05, 4.69) is 20.4 Å². The monoisotopic (exact) mass is 279 g/mol. The van der Waals surface area contributed by atoms with E-state index in [0.717, 1.165) is 5.69 Å². The Hall–Kier alpha value is -3.02. The van der Waals surface area contributed by atoms with E-state index in [0.29, 0.717) is 17.1 Å². The van der Waals surface area contributed by atoms with Gasteiger partial charge < -0.3 is 5.32 Å². The smallest absolute Gasteiger partial charge is 0.259 e. The molecule has 0 atom stereocenters. The normalized spacial score (nSPS) is 10.3. The lowest BCUT2D eigenvalue weighted by Crippen LogP contribution is -2.13. The van der Waals surface area contributed by atoms with Crippen LogP contribution in [0.5, 0.6) is 0 Å². The van der Waals surface area contributed by atoms with Gasteiger partial charge in [0.15, 0.2) is 5.82 Å². The zero-order chi connectivity index (χ0) is 14.7. The summed E-state index contributed by atoms with van der Waals surface area (Å²) in [5.41, 5.74) is 1.88. The molecule has 104 valence electrons. The van der Waals surface area contributed by atoms with E-state index in [1.807, 2.05) is 25.1 Å². The lowest BCUT2D eigenvalue weighted by Gasteiger charge is -2.05. The molecule has 0 spiro atoms. The average Bonchev–Trinajstić information content (AvgIpc) is 2.91. The maximum atomic E-state index is 12.3. The van der Waals surface area contributed by atoms with Crippen LogP contribution in [0.2, 0.25) is 0 Å². The first-order valence-electron chi connectivity index (χ1n) is 6.43. The van der Waals surface area contributed by atoms with E-state index in [4.69, 9.17) is 0 Å². The summed E-state index contributed by atoms with van der Waals surface area (Å²) in [5.74, 6) is 0.457. The van der Waals surface area contributed by atoms with E-state index in [1.165, 1.54) is 6.20 Å². The second-order valence-corrected chi connectivity index (χ2v) is 4.44. The van der Waals surface area contributed by atoms with Crippen molar-refractivity contribution in [3.63, 3.8) is 0 Å². The van der Waals surface area contributed by atoms with Crippen LogP contribution in [0.3, 0.4) is 0 Å². The van der Waals surface area contributed by atoms with Gasteiger partial charge in [-0.25, -0.2) is 9.67 Å². The average molecular weight is 279 g/mol. The molecule has 0 fully saturated rings. The molecule has 0 aliphatic carbocycles. The standard InChI is InChI=1S/C15H13N5O/c1-11-13(15(21)19-12-5-4-7-16-9-12)10-18-20(11)14-6-2-3-8-17-14/h2-10H,1H3,(H,19,21). The highest BCUT2D eigenvalue weighted by Crippen LogP contribution is 2.14. The molecule has 0 radical (unpaired) electrons. The summed E-state index contributed by atoms with van der Waals surface area (Å²) < 4.78 is 1.64. The predicted octanol–water partition coefficient (Wildman–Crippen LogP) is 2.22. The highest BCUT2D eigenvalue weighted by Gasteiger charge is 2.15. The van der Waals surface area contributed by atoms with Crippen LogP contribution in [0.15, 0.2) is 55.1 Å². The number of hydrogen-bond donors (Lipinski definition) is 1. The van der Waals surface area contributed by atoms with Crippen molar-refractivity contribution < 1.29 is 4.79 Å². The van der Waals surface area contributed by atoms with Crippen molar-refractivity contribution in [2.24, 2.45) is 0 Å². The minimum absolute atomic E-state index is 0.220. The SMILES string of the molecule is Cc1c(C(=O)Nc2cccnc2)cnn1-c1ccccn1. The molecule has 0 unspecified atom stereocenters. The number of nitrogens with one attached hydrogen (secondary N) is 1. The van der Waals surface area contributed by atoms with E-state index in [-0.39, 0.29) is 5.91 Å². The fourth-order valence-corrected chi connectivity index (χ4v) is 1.98. The molecule has 6 heteroatoms. The van der Waals surface area contributed by atoms with Gasteiger partial charge in [-0.2, -0.15) is 5.10 Å². The van der Waals surface area contributed by atoms with E-state index in [9.17, 15) is 4.79 Å². The molecular formula is C15H13N5O. The van der Waals surface area contributed by atoms with Gasteiger partial charge in [0.25, 0.3) is 5.91 Å². The van der Waals surface area contributed by atoms with Gasteiger partial charge in [0, 0.05) is 12.4 Å². The van der Waals surface area contributed by atoms with Crippen LogP contribution >= 0.6 is 0 Å². The summed E-state index contributed by atoms with van der Waals surface area (Å²) in [5, 5.41) is 7.02. The Kier molecular flexibility index (Phi) is 3.42. The van der Waals surface area contributed by atoms with Crippen molar-refractivity contribution in [1.82, 2.24) is 19.7 Å². The van der Waals surface area contributed by atoms with Crippen LogP contribution in [0.1, 0.15) is 16.1 Å². The summed E-state index contributed by atoms with van der Waals surface area (Å²) in [4.78, 5) is 20.5. The Morgan fingerprint density at radius 1 is 1.14 bits per heavy atom. The second-order valence-electron chi connectivity index (χ2n) is 4.44. The van der Waals surface area contributed by atoms with Crippen molar-refractivity contribution in [3.8, 4) is 5.82 Å². The molecule has 0 saturated carbocycles. The Labute approximate surface area is 121 Å². The van der Waals surface area contributed by atoms with Gasteiger partial charge in [-0.3, -0.25) is 9.78 Å². The van der Waals surface area contributed by atoms with Gasteiger partial charge in [-0.1, -0.05) is 6.07 Å². The number of hydrogen-bond acceptors (Lipinski definition) is 4. The summed E-state index contributed by atoms with van der Waals surface area (Å²) in [7, 11) is 0. The Bertz CT molecular complexity index is 752. The third kappa shape index (κ3) is 2.64. The van der Waals surface area contributed by atoms with Gasteiger partial charge >= 0.3 is 0 Å². The first kappa shape index (κ1) is 13.0. The van der Waals surface area contributed by atoms with Crippen LogP contribution in [-0.2, 0) is 0 Å². The molecule has 6 nitrogen and oxygen atoms in total. The van der Waals surface area contributed by atoms with Crippen LogP contribution in [0, 0.1) is 6.92 Å². The minimum Gasteiger partial charge on any atom is -0.320 e. The van der Waals surface area contributed by atoms with Crippen molar-refractivity contribution in [2.45, 2.75) is 6.92 Å². The lowest BCUT2D eigenvalue weighted by atomic mass is 10.2. The first-order valence-corrected chi connectivity index (χ1v) is 6.43. The highest BCUT2D eigenvalue weighted by molar-refractivity contribution is 6.04. The molecule has 0 bridgehead atoms. The fraction of sp³-hybridized carbons (Fsp3) is 0.0667. The molecule has 1 N–H and O–H groups in total. The minimum atomic E-state index is -0.220. The number of carbonyl (C=O) groups is 1. The zero-order valence-electron chi connectivity index (χ0n) is 11.4. The number of pyridine rings is 2. The number of amides is 1. The number of aromatic nitrogens is 4. The number of carbonyl (C=O) groups excluding carboxylic acids is 1. The van der Waals surface area contributed by atoms with E-state index in [1.54, 1.807) is 35.4 Å². The van der Waals surface area contributed by atoms with Crippen LogP contribution in [0.4, 0.5) is 5.69 Å². The van der Waals surface area contributed by atoms with Crippen molar-refractivity contribution in [3.05, 3.63) is 66.4 Å². The summed E-state index contributed by atoms with van der Waals surface area (Å²) in [6, 6.07) is 9.09. The summed E-state index contributed by atoms with van der Waals surface area (Å²) >= 11 is 0. The Balaban J connectivity index is 1.87. The third-order valence-corrected chi connectivity index (χ3v) is 3.04. The van der Waals surface area contributed by atoms with E-state index < -0.39 is 0 Å².